The van der Waals surface area contributed by atoms with Crippen LogP contribution in [0.3, 0.4) is 0 Å². The minimum Gasteiger partial charge on any atom is -0.387 e. The molecule has 1 fully saturated rings. The first-order valence-corrected chi connectivity index (χ1v) is 14.5. The molecule has 7 N–H and O–H groups in total. The number of aliphatic hydroxyl groups is 2. The van der Waals surface area contributed by atoms with Gasteiger partial charge in [-0.05, 0) is 5.92 Å². The van der Waals surface area contributed by atoms with Gasteiger partial charge in [-0.15, -0.1) is 5.10 Å². The van der Waals surface area contributed by atoms with Gasteiger partial charge in [0.05, 0.1) is 18.5 Å². The Kier molecular flexibility index (Phi) is 8.58. The van der Waals surface area contributed by atoms with Crippen LogP contribution in [0, 0.1) is 0 Å². The molecule has 37 heavy (non-hydrogen) atoms. The number of hydrogen-bond donors (Lipinski definition) is 7. The van der Waals surface area contributed by atoms with E-state index in [2.05, 4.69) is 23.5 Å². The summed E-state index contributed by atoms with van der Waals surface area (Å²) >= 11 is 0. The summed E-state index contributed by atoms with van der Waals surface area (Å²) in [6.45, 7) is 2.56. The van der Waals surface area contributed by atoms with E-state index in [1.54, 1.807) is 0 Å². The van der Waals surface area contributed by atoms with Gasteiger partial charge in [-0.25, -0.2) is 23.2 Å². The van der Waals surface area contributed by atoms with E-state index in [9.17, 15) is 43.3 Å². The molecule has 2 aromatic heterocycles. The van der Waals surface area contributed by atoms with Crippen LogP contribution in [-0.4, -0.2) is 79.3 Å². The number of phosphoric acid groups is 3. The Balaban J connectivity index is 1.78. The van der Waals surface area contributed by atoms with E-state index in [1.165, 1.54) is 6.20 Å². The van der Waals surface area contributed by atoms with Gasteiger partial charge in [0, 0.05) is 6.20 Å². The molecule has 2 aromatic rings. The van der Waals surface area contributed by atoms with Gasteiger partial charge in [0.2, 0.25) is 0 Å². The van der Waals surface area contributed by atoms with Crippen molar-refractivity contribution in [1.29, 1.82) is 0 Å². The fraction of sp³-hybridized carbons (Fsp3) is 0.571. The number of aliphatic hydroxyl groups excluding tert-OH is 2. The lowest BCUT2D eigenvalue weighted by Gasteiger charge is -2.19. The lowest BCUT2D eigenvalue weighted by molar-refractivity contribution is -0.0542. The lowest BCUT2D eigenvalue weighted by Crippen LogP contribution is -2.39. The fourth-order valence-corrected chi connectivity index (χ4v) is 6.08. The van der Waals surface area contributed by atoms with Gasteiger partial charge in [0.25, 0.3) is 5.56 Å². The second kappa shape index (κ2) is 10.7. The maximum absolute atomic E-state index is 12.4. The number of nitrogens with zero attached hydrogens (tertiary/aromatic N) is 4. The molecule has 3 rings (SSSR count). The minimum absolute atomic E-state index is 0.0378. The second-order valence-electron chi connectivity index (χ2n) is 7.86. The average molecular weight is 593 g/mol. The van der Waals surface area contributed by atoms with Crippen molar-refractivity contribution in [2.45, 2.75) is 44.3 Å². The summed E-state index contributed by atoms with van der Waals surface area (Å²) < 4.78 is 52.6. The van der Waals surface area contributed by atoms with Crippen LogP contribution in [-0.2, 0) is 31.6 Å². The maximum Gasteiger partial charge on any atom is 0.490 e. The van der Waals surface area contributed by atoms with Crippen LogP contribution in [0.2, 0.25) is 0 Å². The number of nitrogens with one attached hydrogen (secondary N) is 1. The van der Waals surface area contributed by atoms with Gasteiger partial charge in [-0.2, -0.15) is 8.62 Å². The van der Waals surface area contributed by atoms with E-state index >= 15 is 0 Å². The molecule has 0 bridgehead atoms. The zero-order valence-electron chi connectivity index (χ0n) is 18.7. The third kappa shape index (κ3) is 7.36. The molecule has 0 spiro atoms. The molecule has 0 saturated carbocycles. The fourth-order valence-electron chi connectivity index (χ4n) is 3.05. The molecule has 3 heterocycles. The van der Waals surface area contributed by atoms with Gasteiger partial charge in [0.1, 0.15) is 24.0 Å². The zero-order chi connectivity index (χ0) is 27.9. The van der Waals surface area contributed by atoms with Crippen molar-refractivity contribution < 1.29 is 61.4 Å². The first-order chi connectivity index (χ1) is 16.9. The predicted octanol–water partition coefficient (Wildman–Crippen LogP) is -1.80. The largest absolute Gasteiger partial charge is 0.490 e. The van der Waals surface area contributed by atoms with Crippen molar-refractivity contribution in [2.24, 2.45) is 0 Å². The number of aromatic nitrogens is 5. The highest BCUT2D eigenvalue weighted by molar-refractivity contribution is 7.66. The molecule has 1 saturated heterocycles. The van der Waals surface area contributed by atoms with Crippen LogP contribution in [0.15, 0.2) is 22.0 Å². The standard InChI is InChI=1S/C14H22N5O15P3/c1-6(2)7-3-19(17-16-7)8-4-18(14(23)15-12(8)22)13-11(21)10(20)9(32-13)5-31-36(27,28)34-37(29,30)33-35(24,25)26/h3-4,6,9-11,13,20-21H,5H2,1-2H3,(H,27,28)(H,29,30)(H,15,22,23)(H2,24,25,26)/t9-,10?,11+,13-/m1/s1. The van der Waals surface area contributed by atoms with Crippen molar-refractivity contribution in [2.75, 3.05) is 6.61 Å². The van der Waals surface area contributed by atoms with Gasteiger partial charge in [0.15, 0.2) is 6.23 Å². The molecule has 23 heteroatoms. The van der Waals surface area contributed by atoms with Crippen LogP contribution in [0.1, 0.15) is 31.7 Å². The molecule has 0 radical (unpaired) electrons. The number of H-pyrrole nitrogens is 1. The monoisotopic (exact) mass is 593 g/mol. The van der Waals surface area contributed by atoms with Crippen molar-refractivity contribution in [1.82, 2.24) is 24.5 Å². The molecule has 208 valence electrons. The Hall–Kier alpha value is -1.89. The molecular formula is C14H22N5O15P3. The third-order valence-electron chi connectivity index (χ3n) is 4.73. The predicted molar refractivity (Wildman–Crippen MR) is 116 cm³/mol. The number of rotatable bonds is 10. The molecule has 1 aliphatic heterocycles. The van der Waals surface area contributed by atoms with Crippen molar-refractivity contribution in [3.63, 3.8) is 0 Å². The molecular weight excluding hydrogens is 571 g/mol. The summed E-state index contributed by atoms with van der Waals surface area (Å²) in [5.74, 6) is -0.0378. The van der Waals surface area contributed by atoms with Crippen molar-refractivity contribution in [3.05, 3.63) is 38.9 Å². The van der Waals surface area contributed by atoms with Crippen LogP contribution < -0.4 is 11.2 Å². The number of aromatic amines is 1. The van der Waals surface area contributed by atoms with Crippen LogP contribution >= 0.6 is 23.5 Å². The lowest BCUT2D eigenvalue weighted by atomic mass is 10.1. The second-order valence-corrected chi connectivity index (χ2v) is 12.3. The topological polar surface area (TPSA) is 295 Å². The van der Waals surface area contributed by atoms with Crippen molar-refractivity contribution in [3.8, 4) is 5.69 Å². The Bertz CT molecular complexity index is 1400. The number of ether oxygens (including phenoxy) is 1. The first kappa shape index (κ1) is 29.7. The summed E-state index contributed by atoms with van der Waals surface area (Å²) in [5.41, 5.74) is -1.61. The summed E-state index contributed by atoms with van der Waals surface area (Å²) in [4.78, 5) is 62.5. The van der Waals surface area contributed by atoms with E-state index in [4.69, 9.17) is 14.5 Å². The van der Waals surface area contributed by atoms with Crippen LogP contribution in [0.5, 0.6) is 0 Å². The number of phosphoric ester groups is 1. The normalized spacial score (nSPS) is 25.8. The van der Waals surface area contributed by atoms with Gasteiger partial charge >= 0.3 is 29.2 Å². The SMILES string of the molecule is CC(C)c1cn(-c2cn([C@@H]3O[C@H](COP(=O)(O)OP(=O)(O)OP(=O)(O)O)C(O)[C@@H]3O)c(=O)[nH]c2=O)nn1. The molecule has 0 aliphatic carbocycles. The summed E-state index contributed by atoms with van der Waals surface area (Å²) in [5, 5.41) is 28.3. The van der Waals surface area contributed by atoms with Crippen LogP contribution in [0.25, 0.3) is 5.69 Å². The smallest absolute Gasteiger partial charge is 0.387 e. The first-order valence-electron chi connectivity index (χ1n) is 9.97. The van der Waals surface area contributed by atoms with Gasteiger partial charge in [-0.1, -0.05) is 19.1 Å². The molecule has 3 unspecified atom stereocenters. The van der Waals surface area contributed by atoms with Gasteiger partial charge < -0.3 is 34.5 Å². The van der Waals surface area contributed by atoms with E-state index in [1.807, 2.05) is 18.8 Å². The van der Waals surface area contributed by atoms with E-state index in [-0.39, 0.29) is 11.6 Å². The van der Waals surface area contributed by atoms with Gasteiger partial charge in [-0.3, -0.25) is 18.9 Å². The Labute approximate surface area is 205 Å². The summed E-state index contributed by atoms with van der Waals surface area (Å²) in [6.07, 6.45) is -4.64. The van der Waals surface area contributed by atoms with E-state index in [0.717, 1.165) is 10.9 Å². The molecule has 1 aliphatic rings. The quantitative estimate of drug-likeness (QED) is 0.150. The number of hydrogen-bond acceptors (Lipinski definition) is 13. The van der Waals surface area contributed by atoms with Crippen molar-refractivity contribution >= 4 is 23.5 Å². The third-order valence-corrected chi connectivity index (χ3v) is 8.53. The minimum atomic E-state index is -5.78. The van der Waals surface area contributed by atoms with E-state index < -0.39 is 65.9 Å². The van der Waals surface area contributed by atoms with E-state index in [0.29, 0.717) is 10.3 Å². The molecule has 0 amide bonds. The summed E-state index contributed by atoms with van der Waals surface area (Å²) in [7, 11) is -16.9. The summed E-state index contributed by atoms with van der Waals surface area (Å²) in [6, 6.07) is 0. The molecule has 20 nitrogen and oxygen atoms in total. The Morgan fingerprint density at radius 2 is 1.70 bits per heavy atom. The Morgan fingerprint density at radius 3 is 2.27 bits per heavy atom. The molecule has 0 aromatic carbocycles. The zero-order valence-corrected chi connectivity index (χ0v) is 21.4. The van der Waals surface area contributed by atoms with Crippen LogP contribution in [0.4, 0.5) is 0 Å². The highest BCUT2D eigenvalue weighted by Gasteiger charge is 2.47. The Morgan fingerprint density at radius 1 is 1.05 bits per heavy atom. The highest BCUT2D eigenvalue weighted by Crippen LogP contribution is 2.66. The average Bonchev–Trinajstić information content (AvgIpc) is 3.31. The molecule has 6 atom stereocenters. The maximum atomic E-state index is 12.4. The highest BCUT2D eigenvalue weighted by atomic mass is 31.3.